The molecule has 1 amide bonds. The van der Waals surface area contributed by atoms with Crippen molar-refractivity contribution in [1.29, 1.82) is 0 Å². The second-order valence-electron chi connectivity index (χ2n) is 6.07. The number of nitrogens with zero attached hydrogens (tertiary/aromatic N) is 1. The lowest BCUT2D eigenvalue weighted by molar-refractivity contribution is -0.133. The number of likely N-dealkylation sites (tertiary alicyclic amines) is 1. The van der Waals surface area contributed by atoms with E-state index in [1.807, 2.05) is 24.3 Å². The number of benzene rings is 1. The molecule has 6 nitrogen and oxygen atoms in total. The van der Waals surface area contributed by atoms with Crippen LogP contribution in [0, 0.1) is 0 Å². The Balaban J connectivity index is 1.63. The van der Waals surface area contributed by atoms with Gasteiger partial charge in [0.05, 0.1) is 6.26 Å². The molecule has 1 saturated heterocycles. The van der Waals surface area contributed by atoms with E-state index in [2.05, 4.69) is 10.0 Å². The van der Waals surface area contributed by atoms with Crippen LogP contribution in [0.3, 0.4) is 0 Å². The molecular formula is C15H21N3O3S. The summed E-state index contributed by atoms with van der Waals surface area (Å²) in [6, 6.07) is 7.50. The molecule has 22 heavy (non-hydrogen) atoms. The van der Waals surface area contributed by atoms with Crippen molar-refractivity contribution in [3.05, 3.63) is 29.8 Å². The highest BCUT2D eigenvalue weighted by atomic mass is 32.2. The second kappa shape index (κ2) is 5.89. The minimum Gasteiger partial charge on any atom is -0.373 e. The monoisotopic (exact) mass is 323 g/mol. The van der Waals surface area contributed by atoms with Crippen molar-refractivity contribution in [2.45, 2.75) is 31.3 Å². The summed E-state index contributed by atoms with van der Waals surface area (Å²) in [7, 11) is -3.24. The van der Waals surface area contributed by atoms with Crippen molar-refractivity contribution in [1.82, 2.24) is 9.62 Å². The number of sulfonamides is 1. The molecule has 0 aliphatic carbocycles. The molecule has 1 aromatic rings. The van der Waals surface area contributed by atoms with Gasteiger partial charge in [0.15, 0.2) is 0 Å². The van der Waals surface area contributed by atoms with Crippen LogP contribution >= 0.6 is 0 Å². The summed E-state index contributed by atoms with van der Waals surface area (Å²) < 4.78 is 25.3. The van der Waals surface area contributed by atoms with E-state index in [0.29, 0.717) is 19.5 Å². The molecule has 2 atom stereocenters. The van der Waals surface area contributed by atoms with E-state index >= 15 is 0 Å². The Morgan fingerprint density at radius 1 is 1.36 bits per heavy atom. The summed E-state index contributed by atoms with van der Waals surface area (Å²) in [4.78, 5) is 14.4. The van der Waals surface area contributed by atoms with Crippen LogP contribution in [0.4, 0.5) is 5.69 Å². The fourth-order valence-electron chi connectivity index (χ4n) is 3.24. The van der Waals surface area contributed by atoms with Gasteiger partial charge in [-0.15, -0.1) is 0 Å². The number of rotatable bonds is 3. The Hall–Kier alpha value is -1.60. The third-order valence-electron chi connectivity index (χ3n) is 4.18. The lowest BCUT2D eigenvalue weighted by Crippen LogP contribution is -2.52. The molecule has 1 aromatic carbocycles. The molecule has 7 heteroatoms. The predicted octanol–water partition coefficient (Wildman–Crippen LogP) is 0.563. The second-order valence-corrected chi connectivity index (χ2v) is 7.85. The van der Waals surface area contributed by atoms with Crippen LogP contribution in [0.25, 0.3) is 0 Å². The first kappa shape index (κ1) is 15.3. The zero-order valence-corrected chi connectivity index (χ0v) is 13.4. The molecule has 0 spiro atoms. The van der Waals surface area contributed by atoms with Crippen LogP contribution in [0.15, 0.2) is 24.3 Å². The van der Waals surface area contributed by atoms with E-state index in [4.69, 9.17) is 0 Å². The van der Waals surface area contributed by atoms with Crippen molar-refractivity contribution in [3.63, 3.8) is 0 Å². The molecule has 2 heterocycles. The minimum atomic E-state index is -3.24. The fourth-order valence-corrected chi connectivity index (χ4v) is 4.04. The molecule has 2 aliphatic rings. The van der Waals surface area contributed by atoms with Gasteiger partial charge in [-0.05, 0) is 24.5 Å². The first-order chi connectivity index (χ1) is 10.4. The number of hydrogen-bond acceptors (Lipinski definition) is 4. The van der Waals surface area contributed by atoms with Crippen LogP contribution < -0.4 is 10.0 Å². The van der Waals surface area contributed by atoms with Gasteiger partial charge in [-0.1, -0.05) is 18.2 Å². The molecular weight excluding hydrogens is 302 g/mol. The van der Waals surface area contributed by atoms with Crippen molar-refractivity contribution >= 4 is 21.6 Å². The molecule has 2 N–H and O–H groups in total. The lowest BCUT2D eigenvalue weighted by Gasteiger charge is -2.34. The third kappa shape index (κ3) is 3.41. The maximum absolute atomic E-state index is 12.7. The van der Waals surface area contributed by atoms with E-state index in [0.717, 1.165) is 30.3 Å². The summed E-state index contributed by atoms with van der Waals surface area (Å²) in [5.74, 6) is 0.0520. The normalized spacial score (nSPS) is 24.7. The standard InChI is InChI=1S/C15H21N3O3S/c1-22(20,21)17-12-6-4-8-18(10-12)15(19)14-9-11-5-2-3-7-13(11)16-14/h2-3,5,7,12,14,16-17H,4,6,8-10H2,1H3/t12-,14-/m0/s1. The number of para-hydroxylation sites is 1. The number of hydrogen-bond donors (Lipinski definition) is 2. The smallest absolute Gasteiger partial charge is 0.245 e. The lowest BCUT2D eigenvalue weighted by atomic mass is 10.0. The summed E-state index contributed by atoms with van der Waals surface area (Å²) >= 11 is 0. The Morgan fingerprint density at radius 3 is 2.86 bits per heavy atom. The SMILES string of the molecule is CS(=O)(=O)N[C@H]1CCCN(C(=O)[C@@H]2Cc3ccccc3N2)C1. The summed E-state index contributed by atoms with van der Waals surface area (Å²) in [5.41, 5.74) is 2.17. The van der Waals surface area contributed by atoms with Crippen LogP contribution in [0.1, 0.15) is 18.4 Å². The molecule has 1 fully saturated rings. The number of amides is 1. The average Bonchev–Trinajstić information content (AvgIpc) is 2.88. The highest BCUT2D eigenvalue weighted by molar-refractivity contribution is 7.88. The maximum atomic E-state index is 12.7. The molecule has 0 bridgehead atoms. The minimum absolute atomic E-state index is 0.0520. The number of fused-ring (bicyclic) bond motifs is 1. The van der Waals surface area contributed by atoms with Gasteiger partial charge >= 0.3 is 0 Å². The summed E-state index contributed by atoms with van der Waals surface area (Å²) in [5, 5.41) is 3.26. The summed E-state index contributed by atoms with van der Waals surface area (Å²) in [6.07, 6.45) is 3.44. The third-order valence-corrected chi connectivity index (χ3v) is 4.94. The fraction of sp³-hybridized carbons (Fsp3) is 0.533. The van der Waals surface area contributed by atoms with E-state index < -0.39 is 10.0 Å². The number of anilines is 1. The average molecular weight is 323 g/mol. The first-order valence-electron chi connectivity index (χ1n) is 7.53. The Morgan fingerprint density at radius 2 is 2.14 bits per heavy atom. The quantitative estimate of drug-likeness (QED) is 0.852. The molecule has 0 radical (unpaired) electrons. The van der Waals surface area contributed by atoms with Gasteiger partial charge in [-0.25, -0.2) is 13.1 Å². The Bertz CT molecular complexity index is 649. The molecule has 2 aliphatic heterocycles. The number of nitrogens with one attached hydrogen (secondary N) is 2. The van der Waals surface area contributed by atoms with Crippen LogP contribution in [-0.4, -0.2) is 50.7 Å². The zero-order valence-electron chi connectivity index (χ0n) is 12.6. The highest BCUT2D eigenvalue weighted by Crippen LogP contribution is 2.26. The van der Waals surface area contributed by atoms with E-state index in [1.54, 1.807) is 4.90 Å². The largest absolute Gasteiger partial charge is 0.373 e. The summed E-state index contributed by atoms with van der Waals surface area (Å²) in [6.45, 7) is 1.13. The van der Waals surface area contributed by atoms with Crippen molar-refractivity contribution in [3.8, 4) is 0 Å². The maximum Gasteiger partial charge on any atom is 0.245 e. The molecule has 0 aromatic heterocycles. The van der Waals surface area contributed by atoms with Gasteiger partial charge in [0.2, 0.25) is 15.9 Å². The molecule has 120 valence electrons. The van der Waals surface area contributed by atoms with Crippen LogP contribution in [-0.2, 0) is 21.2 Å². The number of carbonyl (C=O) groups is 1. The molecule has 0 saturated carbocycles. The van der Waals surface area contributed by atoms with Gasteiger partial charge in [0.1, 0.15) is 6.04 Å². The van der Waals surface area contributed by atoms with E-state index in [1.165, 1.54) is 0 Å². The highest BCUT2D eigenvalue weighted by Gasteiger charge is 2.33. The Kier molecular flexibility index (Phi) is 4.10. The van der Waals surface area contributed by atoms with Gasteiger partial charge in [0, 0.05) is 31.2 Å². The van der Waals surface area contributed by atoms with Crippen LogP contribution in [0.5, 0.6) is 0 Å². The van der Waals surface area contributed by atoms with Crippen molar-refractivity contribution in [2.24, 2.45) is 0 Å². The zero-order chi connectivity index (χ0) is 15.7. The predicted molar refractivity (Wildman–Crippen MR) is 85.1 cm³/mol. The van der Waals surface area contributed by atoms with Gasteiger partial charge < -0.3 is 10.2 Å². The number of piperidine rings is 1. The topological polar surface area (TPSA) is 78.5 Å². The molecule has 0 unspecified atom stereocenters. The van der Waals surface area contributed by atoms with E-state index in [9.17, 15) is 13.2 Å². The van der Waals surface area contributed by atoms with Gasteiger partial charge in [-0.2, -0.15) is 0 Å². The van der Waals surface area contributed by atoms with E-state index in [-0.39, 0.29) is 18.0 Å². The first-order valence-corrected chi connectivity index (χ1v) is 9.42. The van der Waals surface area contributed by atoms with Crippen molar-refractivity contribution < 1.29 is 13.2 Å². The van der Waals surface area contributed by atoms with Crippen molar-refractivity contribution in [2.75, 3.05) is 24.7 Å². The molecule has 3 rings (SSSR count). The van der Waals surface area contributed by atoms with Gasteiger partial charge in [-0.3, -0.25) is 4.79 Å². The van der Waals surface area contributed by atoms with Gasteiger partial charge in [0.25, 0.3) is 0 Å². The van der Waals surface area contributed by atoms with Crippen LogP contribution in [0.2, 0.25) is 0 Å². The Labute approximate surface area is 130 Å². The number of carbonyl (C=O) groups excluding carboxylic acids is 1.